The Morgan fingerprint density at radius 2 is 1.59 bits per heavy atom. The van der Waals surface area contributed by atoms with Crippen molar-refractivity contribution in [3.63, 3.8) is 0 Å². The minimum atomic E-state index is -1.63. The fourth-order valence-electron chi connectivity index (χ4n) is 6.66. The summed E-state index contributed by atoms with van der Waals surface area (Å²) in [4.78, 5) is 49.2. The summed E-state index contributed by atoms with van der Waals surface area (Å²) in [5.74, 6) is 0.176. The average molecular weight is 827 g/mol. The van der Waals surface area contributed by atoms with E-state index >= 15 is 0 Å². The molecule has 1 aliphatic carbocycles. The predicted molar refractivity (Wildman–Crippen MR) is 203 cm³/mol. The van der Waals surface area contributed by atoms with Gasteiger partial charge in [0.05, 0.1) is 36.2 Å². The zero-order chi connectivity index (χ0) is 43.2. The fraction of sp³-hybridized carbons (Fsp3) is 0.703. The van der Waals surface area contributed by atoms with Crippen LogP contribution >= 0.6 is 0 Å². The van der Waals surface area contributed by atoms with Crippen molar-refractivity contribution < 1.29 is 67.8 Å². The van der Waals surface area contributed by atoms with Gasteiger partial charge in [0, 0.05) is 18.2 Å². The van der Waals surface area contributed by atoms with Crippen LogP contribution in [0.25, 0.3) is 0 Å². The second kappa shape index (κ2) is 19.1. The fourth-order valence-corrected chi connectivity index (χ4v) is 6.66. The minimum Gasteiger partial charge on any atom is -0.465 e. The van der Waals surface area contributed by atoms with Crippen molar-refractivity contribution in [1.82, 2.24) is 21.3 Å². The summed E-state index contributed by atoms with van der Waals surface area (Å²) >= 11 is 0. The Bertz CT molecular complexity index is 1630. The molecule has 58 heavy (non-hydrogen) atoms. The highest BCUT2D eigenvalue weighted by molar-refractivity contribution is 5.69. The van der Waals surface area contributed by atoms with E-state index in [1.54, 1.807) is 60.7 Å². The molecule has 2 fully saturated rings. The number of hydrogen-bond donors (Lipinski definition) is 8. The summed E-state index contributed by atoms with van der Waals surface area (Å²) in [6, 6.07) is 1.82. The Morgan fingerprint density at radius 3 is 2.19 bits per heavy atom. The third-order valence-electron chi connectivity index (χ3n) is 9.24. The van der Waals surface area contributed by atoms with E-state index in [9.17, 15) is 39.8 Å². The minimum absolute atomic E-state index is 0.0425. The standard InChI is InChI=1S/C37H58N6O15/c1-35(2,3)57-33(47)41-23-13-12-21(16-40-32(46)52-17-19-10-9-11-20(14-19)43(50)51)54-30(23)56-28-24(42-34(48)58-36(4,5)6)15-22(38)27(25(28)44)55-31-26(45)29(39-8)37(7,49)18-53-31/h9-12,14,22-31,39,44-45,49H,13,15-18,38H2,1-8H3,(H,40,46)(H,41,47)(H,42,48)/t22-,23-,24+,25-,26-,27+,28-,29-,30-,31-,37+/m1/s1. The van der Waals surface area contributed by atoms with Crippen molar-refractivity contribution in [2.45, 2.75) is 146 Å². The molecule has 0 unspecified atom stereocenters. The second-order valence-corrected chi connectivity index (χ2v) is 16.6. The molecule has 4 rings (SSSR count). The quantitative estimate of drug-likeness (QED) is 0.0833. The topological polar surface area (TPSA) is 294 Å². The second-order valence-electron chi connectivity index (χ2n) is 16.6. The average Bonchev–Trinajstić information content (AvgIpc) is 3.10. The number of ether oxygens (including phenoxy) is 7. The monoisotopic (exact) mass is 826 g/mol. The van der Waals surface area contributed by atoms with Crippen LogP contribution in [0.15, 0.2) is 36.1 Å². The molecule has 1 saturated carbocycles. The van der Waals surface area contributed by atoms with Gasteiger partial charge >= 0.3 is 18.3 Å². The Morgan fingerprint density at radius 1 is 0.966 bits per heavy atom. The highest BCUT2D eigenvalue weighted by Gasteiger charge is 2.52. The molecule has 3 amide bonds. The zero-order valence-electron chi connectivity index (χ0n) is 34.0. The van der Waals surface area contributed by atoms with E-state index in [1.807, 2.05) is 0 Å². The number of nitrogens with one attached hydrogen (secondary N) is 4. The number of alkyl carbamates (subject to hydrolysis) is 3. The van der Waals surface area contributed by atoms with Crippen LogP contribution < -0.4 is 27.0 Å². The zero-order valence-corrected chi connectivity index (χ0v) is 34.0. The highest BCUT2D eigenvalue weighted by Crippen LogP contribution is 2.32. The molecule has 1 aromatic rings. The van der Waals surface area contributed by atoms with E-state index in [2.05, 4.69) is 21.3 Å². The normalized spacial score (nSPS) is 31.5. The van der Waals surface area contributed by atoms with E-state index < -0.39 is 101 Å². The number of rotatable bonds is 12. The molecule has 0 spiro atoms. The number of carbonyl (C=O) groups excluding carboxylic acids is 3. The van der Waals surface area contributed by atoms with Gasteiger partial charge in [0.2, 0.25) is 6.29 Å². The predicted octanol–water partition coefficient (Wildman–Crippen LogP) is 1.16. The number of hydrogen-bond acceptors (Lipinski definition) is 17. The van der Waals surface area contributed by atoms with Gasteiger partial charge in [-0.25, -0.2) is 14.4 Å². The molecule has 2 aliphatic heterocycles. The van der Waals surface area contributed by atoms with E-state index in [4.69, 9.17) is 38.9 Å². The number of nitro groups is 1. The number of amides is 3. The summed E-state index contributed by atoms with van der Waals surface area (Å²) in [6.07, 6.45) is -9.24. The first-order chi connectivity index (χ1) is 27.0. The Labute approximate surface area is 336 Å². The molecule has 3 aliphatic rings. The first-order valence-electron chi connectivity index (χ1n) is 18.9. The third kappa shape index (κ3) is 13.1. The number of aliphatic hydroxyl groups is 3. The Hall–Kier alpha value is -4.35. The lowest BCUT2D eigenvalue weighted by molar-refractivity contribution is -0.384. The molecule has 1 aromatic carbocycles. The molecular formula is C37H58N6O15. The van der Waals surface area contributed by atoms with Crippen LogP contribution in [-0.2, 0) is 39.8 Å². The van der Waals surface area contributed by atoms with E-state index in [-0.39, 0.29) is 44.0 Å². The number of nitrogens with zero attached hydrogens (tertiary/aromatic N) is 1. The summed E-state index contributed by atoms with van der Waals surface area (Å²) in [5, 5.41) is 55.7. The molecule has 11 atom stereocenters. The van der Waals surface area contributed by atoms with Gasteiger partial charge in [-0.15, -0.1) is 0 Å². The van der Waals surface area contributed by atoms with Crippen LogP contribution in [0.3, 0.4) is 0 Å². The molecule has 0 aromatic heterocycles. The number of nitro benzene ring substituents is 1. The van der Waals surface area contributed by atoms with Crippen LogP contribution in [0.4, 0.5) is 20.1 Å². The summed E-state index contributed by atoms with van der Waals surface area (Å²) < 4.78 is 40.5. The van der Waals surface area contributed by atoms with Crippen molar-refractivity contribution >= 4 is 24.0 Å². The van der Waals surface area contributed by atoms with E-state index in [1.165, 1.54) is 25.1 Å². The molecule has 9 N–H and O–H groups in total. The van der Waals surface area contributed by atoms with Crippen molar-refractivity contribution in [3.05, 3.63) is 51.8 Å². The maximum atomic E-state index is 13.1. The molecule has 0 bridgehead atoms. The first kappa shape index (κ1) is 46.3. The van der Waals surface area contributed by atoms with Gasteiger partial charge in [0.15, 0.2) is 6.29 Å². The number of benzene rings is 1. The Balaban J connectivity index is 1.55. The van der Waals surface area contributed by atoms with Crippen molar-refractivity contribution in [2.75, 3.05) is 20.2 Å². The van der Waals surface area contributed by atoms with Gasteiger partial charge in [-0.05, 0) is 80.0 Å². The maximum Gasteiger partial charge on any atom is 0.408 e. The SMILES string of the molecule is CN[C@@H]1[C@@H](O)[C@@H](O[C@@H]2[C@@H](O)[C@H](O[C@H]3OC(CNC(=O)OCc4cccc([N+](=O)[O-])c4)=CC[C@H]3NC(=O)OC(C)(C)C)[C@@H](NC(=O)OC(C)(C)C)C[C@H]2N)OC[C@]1(C)O. The third-order valence-corrected chi connectivity index (χ3v) is 9.24. The van der Waals surface area contributed by atoms with Crippen LogP contribution in [-0.4, -0.2) is 137 Å². The van der Waals surface area contributed by atoms with Crippen LogP contribution in [0, 0.1) is 10.1 Å². The lowest BCUT2D eigenvalue weighted by atomic mass is 9.83. The molecule has 21 nitrogen and oxygen atoms in total. The largest absolute Gasteiger partial charge is 0.465 e. The molecule has 326 valence electrons. The van der Waals surface area contributed by atoms with Crippen LogP contribution in [0.5, 0.6) is 0 Å². The molecule has 2 heterocycles. The number of likely N-dealkylation sites (N-methyl/N-ethyl adjacent to an activating group) is 1. The summed E-state index contributed by atoms with van der Waals surface area (Å²) in [5.41, 5.74) is 3.57. The van der Waals surface area contributed by atoms with Gasteiger partial charge in [-0.2, -0.15) is 0 Å². The van der Waals surface area contributed by atoms with Crippen LogP contribution in [0.2, 0.25) is 0 Å². The molecule has 0 radical (unpaired) electrons. The first-order valence-corrected chi connectivity index (χ1v) is 18.9. The Kier molecular flexibility index (Phi) is 15.3. The van der Waals surface area contributed by atoms with E-state index in [0.29, 0.717) is 5.56 Å². The van der Waals surface area contributed by atoms with Crippen molar-refractivity contribution in [3.8, 4) is 0 Å². The lowest BCUT2D eigenvalue weighted by Gasteiger charge is -2.48. The van der Waals surface area contributed by atoms with E-state index in [0.717, 1.165) is 0 Å². The summed E-state index contributed by atoms with van der Waals surface area (Å²) in [6.45, 7) is 10.9. The molecule has 1 saturated heterocycles. The van der Waals surface area contributed by atoms with Gasteiger partial charge in [0.25, 0.3) is 5.69 Å². The van der Waals surface area contributed by atoms with Crippen molar-refractivity contribution in [1.29, 1.82) is 0 Å². The highest BCUT2D eigenvalue weighted by atomic mass is 16.7. The number of nitrogens with two attached hydrogens (primary N) is 1. The molecular weight excluding hydrogens is 768 g/mol. The molecule has 21 heteroatoms. The number of carbonyl (C=O) groups is 3. The van der Waals surface area contributed by atoms with Gasteiger partial charge in [-0.3, -0.25) is 10.1 Å². The van der Waals surface area contributed by atoms with Crippen LogP contribution in [0.1, 0.15) is 66.9 Å². The lowest BCUT2D eigenvalue weighted by Crippen LogP contribution is -2.69. The maximum absolute atomic E-state index is 13.1. The van der Waals surface area contributed by atoms with Gasteiger partial charge in [0.1, 0.15) is 53.6 Å². The smallest absolute Gasteiger partial charge is 0.408 e. The summed E-state index contributed by atoms with van der Waals surface area (Å²) in [7, 11) is 1.55. The van der Waals surface area contributed by atoms with Crippen molar-refractivity contribution in [2.24, 2.45) is 5.73 Å². The number of non-ortho nitro benzene ring substituents is 1. The van der Waals surface area contributed by atoms with Gasteiger partial charge < -0.3 is 75.5 Å². The number of aliphatic hydroxyl groups excluding tert-OH is 2. The van der Waals surface area contributed by atoms with Gasteiger partial charge in [-0.1, -0.05) is 12.1 Å².